The van der Waals surface area contributed by atoms with Crippen LogP contribution in [0.15, 0.2) is 53.3 Å². The highest BCUT2D eigenvalue weighted by atomic mass is 16.5. The zero-order valence-corrected chi connectivity index (χ0v) is 16.4. The molecule has 0 fully saturated rings. The highest BCUT2D eigenvalue weighted by Crippen LogP contribution is 2.16. The zero-order chi connectivity index (χ0) is 21.8. The van der Waals surface area contributed by atoms with Crippen molar-refractivity contribution in [2.45, 2.75) is 26.5 Å². The maximum absolute atomic E-state index is 12.7. The number of carbonyl (C=O) groups excluding carboxylic acids is 3. The Morgan fingerprint density at radius 3 is 2.33 bits per heavy atom. The van der Waals surface area contributed by atoms with Gasteiger partial charge in [0.05, 0.1) is 5.39 Å². The maximum atomic E-state index is 12.7. The van der Waals surface area contributed by atoms with Gasteiger partial charge in [-0.2, -0.15) is 5.10 Å². The normalized spacial score (nSPS) is 11.7. The summed E-state index contributed by atoms with van der Waals surface area (Å²) < 4.78 is 6.45. The van der Waals surface area contributed by atoms with E-state index in [-0.39, 0.29) is 17.8 Å². The van der Waals surface area contributed by atoms with Gasteiger partial charge in [0.1, 0.15) is 0 Å². The largest absolute Gasteiger partial charge is 0.448 e. The summed E-state index contributed by atoms with van der Waals surface area (Å²) in [6.45, 7) is 3.43. The predicted molar refractivity (Wildman–Crippen MR) is 110 cm³/mol. The third-order valence-electron chi connectivity index (χ3n) is 4.45. The Labute approximate surface area is 171 Å². The lowest BCUT2D eigenvalue weighted by Crippen LogP contribution is -2.32. The minimum absolute atomic E-state index is 0.0440. The van der Waals surface area contributed by atoms with Gasteiger partial charge in [-0.05, 0) is 44.2 Å². The molecule has 0 aliphatic carbocycles. The standard InChI is InChI=1S/C21H20N4O5/c1-3-25-20(28)16-7-5-4-6-15(16)17(24-25)21(29)30-12(2)19(27)23-14-10-8-13(9-11-14)18(22)26/h4-12H,3H2,1-2H3,(H2,22,26)(H,23,27)/t12-/m0/s1. The molecule has 0 aliphatic heterocycles. The fraction of sp³-hybridized carbons (Fsp3) is 0.190. The molecule has 30 heavy (non-hydrogen) atoms. The molecule has 1 aromatic heterocycles. The zero-order valence-electron chi connectivity index (χ0n) is 16.4. The Bertz CT molecular complexity index is 1180. The summed E-state index contributed by atoms with van der Waals surface area (Å²) in [5.41, 5.74) is 5.54. The van der Waals surface area contributed by atoms with Crippen molar-refractivity contribution in [2.75, 3.05) is 5.32 Å². The summed E-state index contributed by atoms with van der Waals surface area (Å²) in [5.74, 6) is -1.97. The van der Waals surface area contributed by atoms with E-state index in [0.717, 1.165) is 0 Å². The molecular weight excluding hydrogens is 388 g/mol. The number of nitrogens with two attached hydrogens (primary N) is 1. The minimum Gasteiger partial charge on any atom is -0.448 e. The van der Waals surface area contributed by atoms with Crippen molar-refractivity contribution in [2.24, 2.45) is 5.73 Å². The molecule has 3 N–H and O–H groups in total. The summed E-state index contributed by atoms with van der Waals surface area (Å²) >= 11 is 0. The van der Waals surface area contributed by atoms with Crippen LogP contribution in [0.1, 0.15) is 34.7 Å². The fourth-order valence-corrected chi connectivity index (χ4v) is 2.83. The first-order valence-electron chi connectivity index (χ1n) is 9.23. The summed E-state index contributed by atoms with van der Waals surface area (Å²) in [4.78, 5) is 48.6. The van der Waals surface area contributed by atoms with E-state index in [1.165, 1.54) is 35.9 Å². The number of anilines is 1. The first-order valence-corrected chi connectivity index (χ1v) is 9.23. The average molecular weight is 408 g/mol. The van der Waals surface area contributed by atoms with Crippen molar-refractivity contribution in [3.8, 4) is 0 Å². The molecule has 9 heteroatoms. The second kappa shape index (κ2) is 8.56. The number of nitrogens with zero attached hydrogens (tertiary/aromatic N) is 2. The van der Waals surface area contributed by atoms with Crippen molar-refractivity contribution in [1.29, 1.82) is 0 Å². The van der Waals surface area contributed by atoms with Crippen LogP contribution in [0.3, 0.4) is 0 Å². The van der Waals surface area contributed by atoms with Crippen LogP contribution in [-0.2, 0) is 16.1 Å². The van der Waals surface area contributed by atoms with Crippen LogP contribution in [0.5, 0.6) is 0 Å². The molecule has 2 aromatic carbocycles. The van der Waals surface area contributed by atoms with E-state index >= 15 is 0 Å². The third-order valence-corrected chi connectivity index (χ3v) is 4.45. The molecule has 0 unspecified atom stereocenters. The Kier molecular flexibility index (Phi) is 5.91. The van der Waals surface area contributed by atoms with Gasteiger partial charge in [-0.15, -0.1) is 0 Å². The van der Waals surface area contributed by atoms with E-state index in [1.807, 2.05) is 0 Å². The van der Waals surface area contributed by atoms with E-state index in [9.17, 15) is 19.2 Å². The molecule has 0 bridgehead atoms. The van der Waals surface area contributed by atoms with Crippen molar-refractivity contribution < 1.29 is 19.1 Å². The van der Waals surface area contributed by atoms with Crippen LogP contribution >= 0.6 is 0 Å². The topological polar surface area (TPSA) is 133 Å². The van der Waals surface area contributed by atoms with Crippen LogP contribution in [-0.4, -0.2) is 33.7 Å². The number of amides is 2. The molecule has 9 nitrogen and oxygen atoms in total. The molecule has 3 rings (SSSR count). The number of aromatic nitrogens is 2. The van der Waals surface area contributed by atoms with Crippen LogP contribution in [0.2, 0.25) is 0 Å². The molecule has 0 saturated carbocycles. The first kappa shape index (κ1) is 20.7. The van der Waals surface area contributed by atoms with Gasteiger partial charge in [-0.1, -0.05) is 18.2 Å². The van der Waals surface area contributed by atoms with Gasteiger partial charge in [0.25, 0.3) is 11.5 Å². The number of nitrogens with one attached hydrogen (secondary N) is 1. The number of ether oxygens (including phenoxy) is 1. The molecule has 3 aromatic rings. The van der Waals surface area contributed by atoms with Crippen molar-refractivity contribution in [3.63, 3.8) is 0 Å². The van der Waals surface area contributed by atoms with Crippen LogP contribution < -0.4 is 16.6 Å². The highest BCUT2D eigenvalue weighted by Gasteiger charge is 2.23. The molecule has 1 atom stereocenters. The summed E-state index contributed by atoms with van der Waals surface area (Å²) in [7, 11) is 0. The Morgan fingerprint density at radius 1 is 1.10 bits per heavy atom. The molecule has 0 radical (unpaired) electrons. The second-order valence-electron chi connectivity index (χ2n) is 6.49. The van der Waals surface area contributed by atoms with E-state index in [1.54, 1.807) is 31.2 Å². The van der Waals surface area contributed by atoms with Gasteiger partial charge in [0.15, 0.2) is 11.8 Å². The fourth-order valence-electron chi connectivity index (χ4n) is 2.83. The molecule has 0 spiro atoms. The van der Waals surface area contributed by atoms with Crippen LogP contribution in [0.4, 0.5) is 5.69 Å². The van der Waals surface area contributed by atoms with E-state index in [2.05, 4.69) is 10.4 Å². The van der Waals surface area contributed by atoms with Crippen molar-refractivity contribution in [1.82, 2.24) is 9.78 Å². The average Bonchev–Trinajstić information content (AvgIpc) is 2.74. The smallest absolute Gasteiger partial charge is 0.360 e. The number of esters is 1. The van der Waals surface area contributed by atoms with Gasteiger partial charge in [-0.3, -0.25) is 14.4 Å². The third kappa shape index (κ3) is 4.19. The Balaban J connectivity index is 1.78. The number of aryl methyl sites for hydroxylation is 1. The molecular formula is C21H20N4O5. The highest BCUT2D eigenvalue weighted by molar-refractivity contribution is 6.03. The van der Waals surface area contributed by atoms with E-state index < -0.39 is 23.9 Å². The van der Waals surface area contributed by atoms with Crippen molar-refractivity contribution in [3.05, 3.63) is 70.1 Å². The lowest BCUT2D eigenvalue weighted by Gasteiger charge is -2.15. The molecule has 0 aliphatic rings. The summed E-state index contributed by atoms with van der Waals surface area (Å²) in [6.07, 6.45) is -1.13. The van der Waals surface area contributed by atoms with Gasteiger partial charge < -0.3 is 15.8 Å². The monoisotopic (exact) mass is 408 g/mol. The molecule has 2 amide bonds. The molecule has 154 valence electrons. The number of primary amides is 1. The number of hydrogen-bond acceptors (Lipinski definition) is 6. The maximum Gasteiger partial charge on any atom is 0.360 e. The van der Waals surface area contributed by atoms with Gasteiger partial charge in [-0.25, -0.2) is 9.48 Å². The van der Waals surface area contributed by atoms with Gasteiger partial charge in [0.2, 0.25) is 5.91 Å². The van der Waals surface area contributed by atoms with Crippen molar-refractivity contribution >= 4 is 34.2 Å². The van der Waals surface area contributed by atoms with Crippen LogP contribution in [0, 0.1) is 0 Å². The van der Waals surface area contributed by atoms with Crippen LogP contribution in [0.25, 0.3) is 10.8 Å². The summed E-state index contributed by atoms with van der Waals surface area (Å²) in [6, 6.07) is 12.6. The van der Waals surface area contributed by atoms with E-state index in [4.69, 9.17) is 10.5 Å². The van der Waals surface area contributed by atoms with E-state index in [0.29, 0.717) is 22.0 Å². The SMILES string of the molecule is CCn1nc(C(=O)O[C@@H](C)C(=O)Nc2ccc(C(N)=O)cc2)c2ccccc2c1=O. The van der Waals surface area contributed by atoms with Gasteiger partial charge >= 0.3 is 5.97 Å². The number of fused-ring (bicyclic) bond motifs is 1. The molecule has 1 heterocycles. The predicted octanol–water partition coefficient (Wildman–Crippen LogP) is 1.70. The lowest BCUT2D eigenvalue weighted by atomic mass is 10.1. The Morgan fingerprint density at radius 2 is 1.73 bits per heavy atom. The minimum atomic E-state index is -1.13. The first-order chi connectivity index (χ1) is 14.3. The summed E-state index contributed by atoms with van der Waals surface area (Å²) in [5, 5.41) is 7.38. The number of rotatable bonds is 6. The van der Waals surface area contributed by atoms with Gasteiger partial charge in [0, 0.05) is 23.2 Å². The number of hydrogen-bond donors (Lipinski definition) is 2. The second-order valence-corrected chi connectivity index (χ2v) is 6.49. The molecule has 0 saturated heterocycles. The number of carbonyl (C=O) groups is 3. The quantitative estimate of drug-likeness (QED) is 0.597. The number of benzene rings is 2. The Hall–Kier alpha value is -4.01. The lowest BCUT2D eigenvalue weighted by molar-refractivity contribution is -0.123.